The number of hydrogen-bond acceptors (Lipinski definition) is 4. The van der Waals surface area contributed by atoms with E-state index in [0.29, 0.717) is 23.9 Å². The molecular formula is C24H21FO4. The normalized spacial score (nSPS) is 17.4. The zero-order valence-corrected chi connectivity index (χ0v) is 16.0. The van der Waals surface area contributed by atoms with Crippen LogP contribution in [0, 0.1) is 17.7 Å². The van der Waals surface area contributed by atoms with E-state index in [1.807, 2.05) is 54.6 Å². The van der Waals surface area contributed by atoms with Crippen molar-refractivity contribution in [1.82, 2.24) is 0 Å². The number of para-hydroxylation sites is 1. The van der Waals surface area contributed by atoms with Gasteiger partial charge in [-0.15, -0.1) is 0 Å². The van der Waals surface area contributed by atoms with Crippen LogP contribution in [0.5, 0.6) is 17.2 Å². The molecule has 5 heteroatoms. The lowest BCUT2D eigenvalue weighted by atomic mass is 10.1. The lowest BCUT2D eigenvalue weighted by Gasteiger charge is -2.10. The van der Waals surface area contributed by atoms with Gasteiger partial charge in [-0.2, -0.15) is 0 Å². The highest BCUT2D eigenvalue weighted by molar-refractivity contribution is 5.75. The maximum absolute atomic E-state index is 14.1. The summed E-state index contributed by atoms with van der Waals surface area (Å²) < 4.78 is 30.4. The van der Waals surface area contributed by atoms with Crippen LogP contribution < -0.4 is 9.47 Å². The molecule has 0 N–H and O–H groups in total. The highest BCUT2D eigenvalue weighted by Gasteiger charge is 2.44. The summed E-state index contributed by atoms with van der Waals surface area (Å²) in [6, 6.07) is 21.3. The Morgan fingerprint density at radius 2 is 1.69 bits per heavy atom. The summed E-state index contributed by atoms with van der Waals surface area (Å²) in [5.41, 5.74) is 1.57. The van der Waals surface area contributed by atoms with Crippen molar-refractivity contribution in [3.8, 4) is 28.4 Å². The third-order valence-corrected chi connectivity index (χ3v) is 4.93. The maximum Gasteiger partial charge on any atom is 0.309 e. The molecule has 0 spiro atoms. The molecule has 0 heterocycles. The molecule has 3 aromatic rings. The van der Waals surface area contributed by atoms with E-state index in [1.165, 1.54) is 19.2 Å². The van der Waals surface area contributed by atoms with Gasteiger partial charge in [-0.1, -0.05) is 30.3 Å². The second-order valence-electron chi connectivity index (χ2n) is 7.05. The van der Waals surface area contributed by atoms with E-state index >= 15 is 0 Å². The Balaban J connectivity index is 1.41. The van der Waals surface area contributed by atoms with Crippen LogP contribution in [-0.2, 0) is 9.53 Å². The molecule has 0 bridgehead atoms. The summed E-state index contributed by atoms with van der Waals surface area (Å²) in [6.07, 6.45) is 0.804. The number of ether oxygens (including phenoxy) is 3. The molecule has 2 atom stereocenters. The molecule has 148 valence electrons. The van der Waals surface area contributed by atoms with Gasteiger partial charge in [-0.3, -0.25) is 4.79 Å². The van der Waals surface area contributed by atoms with Crippen LogP contribution in [0.25, 0.3) is 11.1 Å². The fraction of sp³-hybridized carbons (Fsp3) is 0.208. The minimum absolute atomic E-state index is 0.0467. The molecule has 1 fully saturated rings. The lowest BCUT2D eigenvalue weighted by Crippen LogP contribution is -2.08. The molecule has 0 amide bonds. The van der Waals surface area contributed by atoms with E-state index in [4.69, 9.17) is 14.2 Å². The van der Waals surface area contributed by atoms with E-state index in [9.17, 15) is 9.18 Å². The van der Waals surface area contributed by atoms with E-state index in [-0.39, 0.29) is 23.6 Å². The van der Waals surface area contributed by atoms with Crippen LogP contribution >= 0.6 is 0 Å². The molecule has 0 saturated heterocycles. The van der Waals surface area contributed by atoms with Crippen LogP contribution in [0.4, 0.5) is 4.39 Å². The first-order valence-electron chi connectivity index (χ1n) is 9.47. The van der Waals surface area contributed by atoms with E-state index in [2.05, 4.69) is 0 Å². The molecule has 0 unspecified atom stereocenters. The summed E-state index contributed by atoms with van der Waals surface area (Å²) >= 11 is 0. The Bertz CT molecular complexity index is 986. The van der Waals surface area contributed by atoms with Crippen molar-refractivity contribution in [1.29, 1.82) is 0 Å². The molecule has 4 rings (SSSR count). The van der Waals surface area contributed by atoms with Crippen molar-refractivity contribution in [3.63, 3.8) is 0 Å². The van der Waals surface area contributed by atoms with Gasteiger partial charge in [0.05, 0.1) is 19.6 Å². The van der Waals surface area contributed by atoms with Crippen molar-refractivity contribution in [2.45, 2.75) is 6.42 Å². The molecule has 3 aromatic carbocycles. The number of carbonyl (C=O) groups is 1. The smallest absolute Gasteiger partial charge is 0.309 e. The van der Waals surface area contributed by atoms with Crippen molar-refractivity contribution in [2.75, 3.05) is 13.7 Å². The monoisotopic (exact) mass is 392 g/mol. The lowest BCUT2D eigenvalue weighted by molar-refractivity contribution is -0.142. The van der Waals surface area contributed by atoms with Gasteiger partial charge < -0.3 is 14.2 Å². The van der Waals surface area contributed by atoms with Crippen LogP contribution in [0.3, 0.4) is 0 Å². The molecule has 1 aliphatic rings. The fourth-order valence-electron chi connectivity index (χ4n) is 3.23. The van der Waals surface area contributed by atoms with Gasteiger partial charge in [-0.05, 0) is 53.9 Å². The Kier molecular flexibility index (Phi) is 5.47. The van der Waals surface area contributed by atoms with Gasteiger partial charge in [0.2, 0.25) is 0 Å². The van der Waals surface area contributed by atoms with Gasteiger partial charge in [0, 0.05) is 12.0 Å². The predicted molar refractivity (Wildman–Crippen MR) is 107 cm³/mol. The van der Waals surface area contributed by atoms with Crippen molar-refractivity contribution in [3.05, 3.63) is 78.6 Å². The number of benzene rings is 3. The topological polar surface area (TPSA) is 44.8 Å². The van der Waals surface area contributed by atoms with E-state index in [0.717, 1.165) is 17.5 Å². The third kappa shape index (κ3) is 4.74. The quantitative estimate of drug-likeness (QED) is 0.500. The molecular weight excluding hydrogens is 371 g/mol. The summed E-state index contributed by atoms with van der Waals surface area (Å²) in [6.45, 7) is 0.480. The minimum Gasteiger partial charge on any atom is -0.493 e. The summed E-state index contributed by atoms with van der Waals surface area (Å²) in [7, 11) is 1.40. The summed E-state index contributed by atoms with van der Waals surface area (Å²) in [5, 5.41) is 0. The molecule has 29 heavy (non-hydrogen) atoms. The van der Waals surface area contributed by atoms with Crippen molar-refractivity contribution >= 4 is 5.97 Å². The fourth-order valence-corrected chi connectivity index (χ4v) is 3.23. The summed E-state index contributed by atoms with van der Waals surface area (Å²) in [5.74, 6) is 1.43. The minimum atomic E-state index is -0.364. The SMILES string of the molecule is COC(=O)[C@@H]1C[C@H]1COc1ccc(-c2cc(F)cc(Oc3ccccc3)c2)cc1. The Morgan fingerprint density at radius 3 is 2.41 bits per heavy atom. The van der Waals surface area contributed by atoms with Gasteiger partial charge in [0.1, 0.15) is 23.1 Å². The number of hydrogen-bond donors (Lipinski definition) is 0. The summed E-state index contributed by atoms with van der Waals surface area (Å²) in [4.78, 5) is 11.4. The van der Waals surface area contributed by atoms with Crippen LogP contribution in [-0.4, -0.2) is 19.7 Å². The Hall–Kier alpha value is -3.34. The van der Waals surface area contributed by atoms with E-state index < -0.39 is 0 Å². The molecule has 1 saturated carbocycles. The van der Waals surface area contributed by atoms with Gasteiger partial charge in [-0.25, -0.2) is 4.39 Å². The molecule has 0 aliphatic heterocycles. The third-order valence-electron chi connectivity index (χ3n) is 4.93. The first kappa shape index (κ1) is 19.0. The number of carbonyl (C=O) groups excluding carboxylic acids is 1. The van der Waals surface area contributed by atoms with E-state index in [1.54, 1.807) is 6.07 Å². The van der Waals surface area contributed by atoms with Crippen molar-refractivity contribution < 1.29 is 23.4 Å². The average molecular weight is 392 g/mol. The second kappa shape index (κ2) is 8.35. The van der Waals surface area contributed by atoms with Crippen LogP contribution in [0.1, 0.15) is 6.42 Å². The molecule has 0 aromatic heterocycles. The van der Waals surface area contributed by atoms with Crippen molar-refractivity contribution in [2.24, 2.45) is 11.8 Å². The predicted octanol–water partition coefficient (Wildman–Crippen LogP) is 5.47. The first-order valence-corrected chi connectivity index (χ1v) is 9.47. The second-order valence-corrected chi connectivity index (χ2v) is 7.05. The Labute approximate surface area is 168 Å². The zero-order chi connectivity index (χ0) is 20.2. The molecule has 1 aliphatic carbocycles. The Morgan fingerprint density at radius 1 is 0.931 bits per heavy atom. The van der Waals surface area contributed by atoms with Gasteiger partial charge >= 0.3 is 5.97 Å². The highest BCUT2D eigenvalue weighted by Crippen LogP contribution is 2.39. The number of esters is 1. The van der Waals surface area contributed by atoms with Gasteiger partial charge in [0.25, 0.3) is 0 Å². The largest absolute Gasteiger partial charge is 0.493 e. The zero-order valence-electron chi connectivity index (χ0n) is 16.0. The molecule has 4 nitrogen and oxygen atoms in total. The van der Waals surface area contributed by atoms with Gasteiger partial charge in [0.15, 0.2) is 0 Å². The first-order chi connectivity index (χ1) is 14.1. The number of halogens is 1. The van der Waals surface area contributed by atoms with Crippen LogP contribution in [0.2, 0.25) is 0 Å². The average Bonchev–Trinajstić information content (AvgIpc) is 3.52. The number of rotatable bonds is 7. The highest BCUT2D eigenvalue weighted by atomic mass is 19.1. The standard InChI is InChI=1S/C24H21FO4/c1-27-24(26)23-13-18(23)15-28-20-9-7-16(8-10-20)17-11-19(25)14-22(12-17)29-21-5-3-2-4-6-21/h2-12,14,18,23H,13,15H2,1H3/t18-,23+/m0/s1. The maximum atomic E-state index is 14.1. The number of methoxy groups -OCH3 is 1. The molecule has 0 radical (unpaired) electrons. The van der Waals surface area contributed by atoms with Crippen LogP contribution in [0.15, 0.2) is 72.8 Å².